The van der Waals surface area contributed by atoms with Gasteiger partial charge in [-0.15, -0.1) is 6.42 Å². The number of carbonyl (C=O) groups excluding carboxylic acids is 10. The van der Waals surface area contributed by atoms with Crippen molar-refractivity contribution in [3.63, 3.8) is 0 Å². The Morgan fingerprint density at radius 3 is 2.20 bits per heavy atom. The minimum Gasteiger partial charge on any atom is -0.496 e. The third-order valence-electron chi connectivity index (χ3n) is 24.8. The van der Waals surface area contributed by atoms with Crippen molar-refractivity contribution in [2.75, 3.05) is 118 Å². The number of anilines is 3. The number of carbonyl (C=O) groups is 10. The lowest BCUT2D eigenvalue weighted by Crippen LogP contribution is -2.82. The normalized spacial score (nSPS) is 23.5. The summed E-state index contributed by atoms with van der Waals surface area (Å²) in [6, 6.07) is 19.9. The fourth-order valence-electron chi connectivity index (χ4n) is 18.8. The number of nitrogens with zero attached hydrogens (tertiary/aromatic N) is 5. The average molecular weight is 1830 g/mol. The number of carboxylic acids is 2. The number of aromatic amines is 2. The second-order valence-electron chi connectivity index (χ2n) is 32.6. The van der Waals surface area contributed by atoms with Crippen LogP contribution < -0.4 is 52.6 Å². The summed E-state index contributed by atoms with van der Waals surface area (Å²) in [5.74, 6) is -0.792. The van der Waals surface area contributed by atoms with Crippen LogP contribution in [0.15, 0.2) is 95.8 Å². The first kappa shape index (κ1) is 98.5. The number of hydrogen-bond acceptors (Lipinski definition) is 30. The molecule has 684 valence electrons. The van der Waals surface area contributed by atoms with Gasteiger partial charge >= 0.3 is 30.2 Å². The number of hydrogen-bond donors (Lipinski definition) is 13. The Kier molecular flexibility index (Phi) is 34.4. The highest BCUT2D eigenvalue weighted by molar-refractivity contribution is 8.77. The van der Waals surface area contributed by atoms with E-state index in [4.69, 9.17) is 40.7 Å². The summed E-state index contributed by atoms with van der Waals surface area (Å²) in [6.45, 7) is 13.0. The number of benzene rings is 4. The maximum atomic E-state index is 15.0. The van der Waals surface area contributed by atoms with E-state index in [0.717, 1.165) is 45.4 Å². The van der Waals surface area contributed by atoms with E-state index in [2.05, 4.69) is 69.6 Å². The van der Waals surface area contributed by atoms with Crippen molar-refractivity contribution in [3.05, 3.63) is 135 Å². The zero-order valence-electron chi connectivity index (χ0n) is 71.9. The fourth-order valence-corrected chi connectivity index (χ4v) is 22.5. The molecule has 35 nitrogen and oxygen atoms in total. The third kappa shape index (κ3) is 22.4. The zero-order chi connectivity index (χ0) is 92.1. The number of aromatic nitrogens is 3. The van der Waals surface area contributed by atoms with Gasteiger partial charge in [0.05, 0.1) is 41.6 Å². The number of Topliss-reactive ketones (excluding diaryl/α,β-unsaturated/α-hetero) is 1. The molecular formula is C88H111N13O22S4. The number of H-pyrrole nitrogens is 2. The maximum absolute atomic E-state index is 15.0. The summed E-state index contributed by atoms with van der Waals surface area (Å²) in [7, 11) is 9.08. The molecule has 14 N–H and O–H groups in total. The molecule has 1 aliphatic carbocycles. The highest BCUT2D eigenvalue weighted by Crippen LogP contribution is 2.68. The second-order valence-corrected chi connectivity index (χ2v) is 38.0. The minimum absolute atomic E-state index is 0.0322. The number of amides is 5. The fraction of sp³-hybridized carbons (Fsp3) is 0.511. The number of fused-ring (bicyclic) bond motifs is 7. The van der Waals surface area contributed by atoms with Gasteiger partial charge in [-0.25, -0.2) is 24.8 Å². The molecule has 12 rings (SSSR count). The Morgan fingerprint density at radius 2 is 1.53 bits per heavy atom. The Balaban J connectivity index is 0.000000302. The number of terminal acetylenes is 1. The summed E-state index contributed by atoms with van der Waals surface area (Å²) in [6.07, 6.45) is 11.0. The molecule has 2 aromatic heterocycles. The predicted octanol–water partition coefficient (Wildman–Crippen LogP) is 5.94. The van der Waals surface area contributed by atoms with Crippen molar-refractivity contribution in [3.8, 4) is 18.1 Å². The molecule has 2 bridgehead atoms. The van der Waals surface area contributed by atoms with Crippen LogP contribution in [-0.4, -0.2) is 261 Å². The monoisotopic (exact) mass is 1830 g/mol. The summed E-state index contributed by atoms with van der Waals surface area (Å²) in [5, 5.41) is 66.5. The molecule has 0 radical (unpaired) electrons. The van der Waals surface area contributed by atoms with Crippen molar-refractivity contribution in [1.29, 1.82) is 0 Å². The number of nitrogens with two attached hydrogens (primary N) is 1. The molecule has 39 heteroatoms. The van der Waals surface area contributed by atoms with Gasteiger partial charge < -0.3 is 80.9 Å². The van der Waals surface area contributed by atoms with E-state index in [0.29, 0.717) is 142 Å². The maximum Gasteiger partial charge on any atom is 0.426 e. The van der Waals surface area contributed by atoms with Gasteiger partial charge in [0, 0.05) is 157 Å². The van der Waals surface area contributed by atoms with Crippen LogP contribution in [0.4, 0.5) is 22.1 Å². The quantitative estimate of drug-likeness (QED) is 0.00312. The number of esters is 1. The molecule has 2 unspecified atom stereocenters. The number of methoxy groups -OCH3 is 1. The molecule has 5 aliphatic heterocycles. The second kappa shape index (κ2) is 44.4. The molecule has 13 atom stereocenters. The van der Waals surface area contributed by atoms with Crippen LogP contribution in [0.2, 0.25) is 0 Å². The number of ketones is 1. The third-order valence-corrected chi connectivity index (χ3v) is 29.5. The topological polar surface area (TPSA) is 504 Å². The molecule has 4 aromatic carbocycles. The molecule has 1 saturated carbocycles. The van der Waals surface area contributed by atoms with Gasteiger partial charge in [-0.3, -0.25) is 58.6 Å². The number of nitrogens with one attached hydrogen (secondary N) is 7. The first-order chi connectivity index (χ1) is 60.8. The van der Waals surface area contributed by atoms with Crippen LogP contribution in [0.3, 0.4) is 0 Å². The van der Waals surface area contributed by atoms with Crippen LogP contribution in [0.25, 0.3) is 21.8 Å². The van der Waals surface area contributed by atoms with Gasteiger partial charge in [-0.05, 0) is 136 Å². The number of ether oxygens (including phenoxy) is 4. The van der Waals surface area contributed by atoms with E-state index in [9.17, 15) is 73.5 Å². The smallest absolute Gasteiger partial charge is 0.426 e. The first-order valence-corrected chi connectivity index (χ1v) is 46.9. The number of aliphatic carboxylic acids is 2. The zero-order valence-corrected chi connectivity index (χ0v) is 75.1. The van der Waals surface area contributed by atoms with E-state index in [1.807, 2.05) is 73.1 Å². The van der Waals surface area contributed by atoms with Gasteiger partial charge in [0.25, 0.3) is 23.8 Å². The van der Waals surface area contributed by atoms with Crippen molar-refractivity contribution in [2.24, 2.45) is 17.3 Å². The van der Waals surface area contributed by atoms with Gasteiger partial charge in [-0.1, -0.05) is 113 Å². The van der Waals surface area contributed by atoms with Gasteiger partial charge in [-0.2, -0.15) is 9.59 Å². The molecule has 7 heterocycles. The Hall–Kier alpha value is -10.7. The van der Waals surface area contributed by atoms with Crippen LogP contribution in [0.5, 0.6) is 5.75 Å². The predicted molar refractivity (Wildman–Crippen MR) is 480 cm³/mol. The van der Waals surface area contributed by atoms with Crippen molar-refractivity contribution in [2.45, 2.75) is 164 Å². The van der Waals surface area contributed by atoms with E-state index < -0.39 is 105 Å². The molecule has 3 fully saturated rings. The lowest BCUT2D eigenvalue weighted by atomic mass is 9.47. The number of para-hydroxylation sites is 1. The average Bonchev–Trinajstić information content (AvgIpc) is 1.48. The van der Waals surface area contributed by atoms with Gasteiger partial charge in [0.15, 0.2) is 5.60 Å². The highest BCUT2D eigenvalue weighted by Gasteiger charge is 2.79. The van der Waals surface area contributed by atoms with Crippen LogP contribution >= 0.6 is 43.2 Å². The SMILES string of the molecule is C#CCN(Cc1ccc2nc(N)[nH]c(=O)c2c1)c1ccc(C(=O)N[C@@H](CCC(=O)OCCSSCCC(C)=O)C(=O)O)cc1.CC[C@@H](C)C(=O)N[C@@H](CNC(=O)CCSSCCOC(=O)NNC(=O)[C@]1(O)[C@H](O)[C@]2(CC)C=CCN3CC[C@@]4(c5cc([C@@]6(COC=O)CC7CN(CCc8c6[nH]c6ccccc86)C[C@](O)(CC)C7)c(OC)cc5N(C)[C@@H]14)[C@@H]32)C(=O)O.O=C=O. The van der Waals surface area contributed by atoms with Crippen LogP contribution in [0.1, 0.15) is 137 Å². The number of aliphatic hydroxyl groups excluding tert-OH is 1. The highest BCUT2D eigenvalue weighted by atomic mass is 33.1. The Labute approximate surface area is 750 Å². The van der Waals surface area contributed by atoms with E-state index in [1.165, 1.54) is 50.1 Å². The summed E-state index contributed by atoms with van der Waals surface area (Å²) in [5.41, 5.74) is 10.7. The van der Waals surface area contributed by atoms with E-state index >= 15 is 4.79 Å². The molecule has 5 amide bonds. The lowest BCUT2D eigenvalue weighted by Gasteiger charge is -2.63. The lowest BCUT2D eigenvalue weighted by molar-refractivity contribution is -0.204. The Morgan fingerprint density at radius 1 is 0.827 bits per heavy atom. The number of likely N-dealkylation sites (N-methyl/N-ethyl adjacent to an activating group) is 1. The summed E-state index contributed by atoms with van der Waals surface area (Å²) < 4.78 is 23.0. The van der Waals surface area contributed by atoms with Crippen LogP contribution in [-0.2, 0) is 86.0 Å². The van der Waals surface area contributed by atoms with E-state index in [1.54, 1.807) is 57.5 Å². The van der Waals surface area contributed by atoms with Crippen LogP contribution in [0, 0.1) is 29.6 Å². The molecule has 1 spiro atoms. The van der Waals surface area contributed by atoms with Crippen molar-refractivity contribution in [1.82, 2.24) is 51.6 Å². The standard InChI is InChI=1S/C57H78N8O13S2.C30H33N5O7S2.CO2/c1-7-34(4)46(68)60-41(47(69)70)29-58-44(67)16-23-79-80-24-22-78-52(73)62-61-51(72)57(75)49-56(18-21-65-19-12-17-54(9-3,48(56)65)50(57)71)38-25-39(43(76-6)26-42(38)63(49)5)55(32-77-33-66)28-35-27-53(74,8-2)31-64(30-35)20-15-37-36-13-10-11-14-40(36)59-45(37)55;1-3-13-35(18-20-4-9-24-23(17-20)28(39)34-30(31)33-24)22-7-5-21(6-8-22)27(38)32-25(29(40)41)10-11-26(37)42-14-16-44-43-15-12-19(2)36;2-1-3/h10-14,17,25-26,33-35,41,48-50,59,71,74-75H,7-9,15-16,18-24,27-32H2,1-6H3,(H,58,67)(H,60,68)(H,61,72)(H,62,73)(H,69,70);1,4-9,17,25H,10-16,18H2,2H3,(H,32,38)(H,40,41)(H3,31,33,34,39);/t34-,35?,41+,48+,49-,50-,53+,54-,55+,56-,57-;25-;/m10./s1. The van der Waals surface area contributed by atoms with Gasteiger partial charge in [0.1, 0.15) is 49.5 Å². The van der Waals surface area contributed by atoms with Crippen molar-refractivity contribution >= 4 is 148 Å². The first-order valence-electron chi connectivity index (χ1n) is 41.9. The number of rotatable bonds is 38. The summed E-state index contributed by atoms with van der Waals surface area (Å²) >= 11 is 0. The van der Waals surface area contributed by atoms with Crippen molar-refractivity contribution < 1.29 is 102 Å². The molecule has 6 aromatic rings. The number of aliphatic hydroxyl groups is 3. The summed E-state index contributed by atoms with van der Waals surface area (Å²) in [4.78, 5) is 172. The largest absolute Gasteiger partial charge is 0.496 e. The van der Waals surface area contributed by atoms with E-state index in [-0.39, 0.29) is 93.0 Å². The number of piperidine rings is 1. The minimum atomic E-state index is -2.55. The molecule has 127 heavy (non-hydrogen) atoms. The Bertz CT molecular complexity index is 5170. The molecule has 6 aliphatic rings. The molecule has 2 saturated heterocycles. The number of nitrogen functional groups attached to an aromatic ring is 1. The number of hydrazine groups is 1. The number of carboxylic acid groups (broad SMARTS) is 2. The van der Waals surface area contributed by atoms with Gasteiger partial charge in [0.2, 0.25) is 17.8 Å². The molecular weight excluding hydrogens is 1720 g/mol.